The second-order valence-corrected chi connectivity index (χ2v) is 6.50. The quantitative estimate of drug-likeness (QED) is 0.745. The maximum absolute atomic E-state index is 12.0. The van der Waals surface area contributed by atoms with E-state index in [1.807, 2.05) is 23.6 Å². The summed E-state index contributed by atoms with van der Waals surface area (Å²) < 4.78 is 0. The molecule has 1 N–H and O–H groups in total. The molecule has 3 aromatic rings. The standard InChI is InChI=1S/C19H19N3OS/c1-14-3-2-4-16(11-14)19-22-17(13-24-19)5-6-18(23)21-12-15-7-9-20-10-8-15/h2-4,7-11,13H,5-6,12H2,1H3,(H,21,23). The number of nitrogens with one attached hydrogen (secondary N) is 1. The first-order valence-corrected chi connectivity index (χ1v) is 8.76. The molecule has 0 aliphatic carbocycles. The molecular formula is C19H19N3OS. The first-order valence-electron chi connectivity index (χ1n) is 7.88. The van der Waals surface area contributed by atoms with Gasteiger partial charge in [-0.3, -0.25) is 9.78 Å². The highest BCUT2D eigenvalue weighted by molar-refractivity contribution is 7.13. The van der Waals surface area contributed by atoms with Gasteiger partial charge in [0.15, 0.2) is 0 Å². The van der Waals surface area contributed by atoms with Crippen LogP contribution in [-0.4, -0.2) is 15.9 Å². The van der Waals surface area contributed by atoms with Crippen molar-refractivity contribution in [3.63, 3.8) is 0 Å². The fraction of sp³-hybridized carbons (Fsp3) is 0.211. The number of carbonyl (C=O) groups is 1. The van der Waals surface area contributed by atoms with Crippen LogP contribution in [0.4, 0.5) is 0 Å². The summed E-state index contributed by atoms with van der Waals surface area (Å²) in [6.07, 6.45) is 4.56. The highest BCUT2D eigenvalue weighted by Gasteiger charge is 2.07. The zero-order valence-corrected chi connectivity index (χ0v) is 14.3. The van der Waals surface area contributed by atoms with Crippen molar-refractivity contribution in [2.75, 3.05) is 0 Å². The van der Waals surface area contributed by atoms with Gasteiger partial charge in [0.1, 0.15) is 5.01 Å². The van der Waals surface area contributed by atoms with Gasteiger partial charge in [-0.1, -0.05) is 23.8 Å². The smallest absolute Gasteiger partial charge is 0.220 e. The third kappa shape index (κ3) is 4.49. The molecule has 2 heterocycles. The number of amides is 1. The highest BCUT2D eigenvalue weighted by atomic mass is 32.1. The molecule has 0 saturated carbocycles. The lowest BCUT2D eigenvalue weighted by molar-refractivity contribution is -0.121. The van der Waals surface area contributed by atoms with Gasteiger partial charge in [0.05, 0.1) is 5.69 Å². The van der Waals surface area contributed by atoms with Gasteiger partial charge < -0.3 is 5.32 Å². The van der Waals surface area contributed by atoms with Crippen LogP contribution in [0.2, 0.25) is 0 Å². The third-order valence-electron chi connectivity index (χ3n) is 3.66. The first kappa shape index (κ1) is 16.3. The van der Waals surface area contributed by atoms with Crippen molar-refractivity contribution in [1.82, 2.24) is 15.3 Å². The number of nitrogens with zero attached hydrogens (tertiary/aromatic N) is 2. The molecule has 1 amide bonds. The third-order valence-corrected chi connectivity index (χ3v) is 4.60. The minimum atomic E-state index is 0.0388. The summed E-state index contributed by atoms with van der Waals surface area (Å²) in [4.78, 5) is 20.6. The second kappa shape index (κ2) is 7.84. The lowest BCUT2D eigenvalue weighted by Crippen LogP contribution is -2.23. The predicted octanol–water partition coefficient (Wildman–Crippen LogP) is 3.76. The zero-order valence-electron chi connectivity index (χ0n) is 13.5. The van der Waals surface area contributed by atoms with Crippen molar-refractivity contribution < 1.29 is 4.79 Å². The summed E-state index contributed by atoms with van der Waals surface area (Å²) in [5.41, 5.74) is 4.37. The molecule has 0 saturated heterocycles. The maximum Gasteiger partial charge on any atom is 0.220 e. The van der Waals surface area contributed by atoms with Crippen LogP contribution in [0, 0.1) is 6.92 Å². The number of aromatic nitrogens is 2. The number of aryl methyl sites for hydroxylation is 2. The van der Waals surface area contributed by atoms with E-state index in [-0.39, 0.29) is 5.91 Å². The van der Waals surface area contributed by atoms with Crippen LogP contribution in [0.1, 0.15) is 23.2 Å². The number of hydrogen-bond acceptors (Lipinski definition) is 4. The summed E-state index contributed by atoms with van der Waals surface area (Å²) in [7, 11) is 0. The Bertz CT molecular complexity index is 814. The van der Waals surface area contributed by atoms with Gasteiger partial charge in [-0.2, -0.15) is 0 Å². The van der Waals surface area contributed by atoms with Crippen molar-refractivity contribution in [1.29, 1.82) is 0 Å². The molecule has 0 atom stereocenters. The van der Waals surface area contributed by atoms with Crippen LogP contribution < -0.4 is 5.32 Å². The van der Waals surface area contributed by atoms with Gasteiger partial charge in [0.2, 0.25) is 5.91 Å². The Labute approximate surface area is 145 Å². The summed E-state index contributed by atoms with van der Waals surface area (Å²) >= 11 is 1.62. The zero-order chi connectivity index (χ0) is 16.8. The molecule has 2 aromatic heterocycles. The Morgan fingerprint density at radius 2 is 2.04 bits per heavy atom. The minimum absolute atomic E-state index is 0.0388. The van der Waals surface area contributed by atoms with Crippen molar-refractivity contribution in [3.05, 3.63) is 71.0 Å². The van der Waals surface area contributed by atoms with Crippen molar-refractivity contribution in [2.24, 2.45) is 0 Å². The number of rotatable bonds is 6. The highest BCUT2D eigenvalue weighted by Crippen LogP contribution is 2.24. The van der Waals surface area contributed by atoms with E-state index in [4.69, 9.17) is 0 Å². The number of hydrogen-bond donors (Lipinski definition) is 1. The average molecular weight is 337 g/mol. The topological polar surface area (TPSA) is 54.9 Å². The summed E-state index contributed by atoms with van der Waals surface area (Å²) in [6.45, 7) is 2.61. The van der Waals surface area contributed by atoms with E-state index < -0.39 is 0 Å². The van der Waals surface area contributed by atoms with Crippen molar-refractivity contribution >= 4 is 17.2 Å². The normalized spacial score (nSPS) is 10.5. The molecule has 122 valence electrons. The molecule has 0 fully saturated rings. The Balaban J connectivity index is 1.51. The summed E-state index contributed by atoms with van der Waals surface area (Å²) in [5.74, 6) is 0.0388. The Hall–Kier alpha value is -2.53. The average Bonchev–Trinajstić information content (AvgIpc) is 3.08. The molecule has 3 rings (SSSR count). The van der Waals surface area contributed by atoms with Gasteiger partial charge in [-0.05, 0) is 37.1 Å². The van der Waals surface area contributed by atoms with Gasteiger partial charge in [0.25, 0.3) is 0 Å². The van der Waals surface area contributed by atoms with Crippen LogP contribution in [0.3, 0.4) is 0 Å². The fourth-order valence-electron chi connectivity index (χ4n) is 2.36. The summed E-state index contributed by atoms with van der Waals surface area (Å²) in [5, 5.41) is 5.97. The van der Waals surface area contributed by atoms with Crippen LogP contribution in [0.15, 0.2) is 54.2 Å². The van der Waals surface area contributed by atoms with Gasteiger partial charge in [-0.25, -0.2) is 4.98 Å². The molecule has 0 bridgehead atoms. The first-order chi connectivity index (χ1) is 11.7. The van der Waals surface area contributed by atoms with Crippen LogP contribution in [0.5, 0.6) is 0 Å². The van der Waals surface area contributed by atoms with Gasteiger partial charge >= 0.3 is 0 Å². The molecule has 5 heteroatoms. The maximum atomic E-state index is 12.0. The molecule has 4 nitrogen and oxygen atoms in total. The predicted molar refractivity (Wildman–Crippen MR) is 96.7 cm³/mol. The number of thiazole rings is 1. The van der Waals surface area contributed by atoms with E-state index >= 15 is 0 Å². The summed E-state index contributed by atoms with van der Waals surface area (Å²) in [6, 6.07) is 12.1. The Kier molecular flexibility index (Phi) is 5.33. The molecule has 0 aliphatic rings. The molecule has 0 aliphatic heterocycles. The lowest BCUT2D eigenvalue weighted by atomic mass is 10.1. The van der Waals surface area contributed by atoms with E-state index in [2.05, 4.69) is 40.4 Å². The van der Waals surface area contributed by atoms with Gasteiger partial charge in [0, 0.05) is 36.3 Å². The molecule has 0 unspecified atom stereocenters. The number of pyridine rings is 1. The SMILES string of the molecule is Cc1cccc(-c2nc(CCC(=O)NCc3ccncc3)cs2)c1. The molecule has 0 spiro atoms. The number of benzene rings is 1. The molecule has 1 aromatic carbocycles. The van der Waals surface area contributed by atoms with E-state index in [1.165, 1.54) is 5.56 Å². The molecular weight excluding hydrogens is 318 g/mol. The van der Waals surface area contributed by atoms with Gasteiger partial charge in [-0.15, -0.1) is 11.3 Å². The van der Waals surface area contributed by atoms with E-state index in [0.29, 0.717) is 19.4 Å². The Morgan fingerprint density at radius 3 is 2.83 bits per heavy atom. The van der Waals surface area contributed by atoms with Crippen molar-refractivity contribution in [2.45, 2.75) is 26.3 Å². The Morgan fingerprint density at radius 1 is 1.21 bits per heavy atom. The van der Waals surface area contributed by atoms with E-state index in [9.17, 15) is 4.79 Å². The second-order valence-electron chi connectivity index (χ2n) is 5.65. The molecule has 0 radical (unpaired) electrons. The number of carbonyl (C=O) groups excluding carboxylic acids is 1. The fourth-order valence-corrected chi connectivity index (χ4v) is 3.21. The molecule has 24 heavy (non-hydrogen) atoms. The van der Waals surface area contributed by atoms with Crippen LogP contribution in [-0.2, 0) is 17.8 Å². The minimum Gasteiger partial charge on any atom is -0.352 e. The van der Waals surface area contributed by atoms with Crippen LogP contribution >= 0.6 is 11.3 Å². The largest absolute Gasteiger partial charge is 0.352 e. The van der Waals surface area contributed by atoms with Crippen LogP contribution in [0.25, 0.3) is 10.6 Å². The van der Waals surface area contributed by atoms with E-state index in [0.717, 1.165) is 21.8 Å². The lowest BCUT2D eigenvalue weighted by Gasteiger charge is -2.04. The van der Waals surface area contributed by atoms with E-state index in [1.54, 1.807) is 23.7 Å². The van der Waals surface area contributed by atoms with Crippen molar-refractivity contribution in [3.8, 4) is 10.6 Å². The monoisotopic (exact) mass is 337 g/mol.